The first-order valence-corrected chi connectivity index (χ1v) is 6.42. The van der Waals surface area contributed by atoms with Gasteiger partial charge in [-0.2, -0.15) is 0 Å². The molecule has 2 nitrogen and oxygen atoms in total. The van der Waals surface area contributed by atoms with Crippen LogP contribution in [0.3, 0.4) is 0 Å². The third kappa shape index (κ3) is 3.74. The van der Waals surface area contributed by atoms with E-state index in [1.807, 2.05) is 18.5 Å². The molecule has 1 atom stereocenters. The maximum absolute atomic E-state index is 4.33. The Morgan fingerprint density at radius 2 is 2.00 bits per heavy atom. The van der Waals surface area contributed by atoms with Crippen molar-refractivity contribution in [3.63, 3.8) is 0 Å². The molecule has 0 aliphatic heterocycles. The number of nitrogens with zero attached hydrogens (tertiary/aromatic N) is 1. The summed E-state index contributed by atoms with van der Waals surface area (Å²) in [6.07, 6.45) is 3.93. The summed E-state index contributed by atoms with van der Waals surface area (Å²) in [6.45, 7) is 8.89. The highest BCUT2D eigenvalue weighted by molar-refractivity contribution is 7.98. The Hall–Kier alpha value is -0.700. The van der Waals surface area contributed by atoms with E-state index in [1.54, 1.807) is 11.8 Å². The second-order valence-electron chi connectivity index (χ2n) is 4.82. The summed E-state index contributed by atoms with van der Waals surface area (Å²) in [7, 11) is 0. The molecule has 84 valence electrons. The lowest BCUT2D eigenvalue weighted by atomic mass is 9.88. The average Bonchev–Trinajstić information content (AvgIpc) is 2.17. The predicted octanol–water partition coefficient (Wildman–Crippen LogP) is 3.65. The fourth-order valence-corrected chi connectivity index (χ4v) is 1.42. The summed E-state index contributed by atoms with van der Waals surface area (Å²) in [4.78, 5) is 4.33. The van der Waals surface area contributed by atoms with Crippen molar-refractivity contribution >= 4 is 17.4 Å². The molecule has 1 rings (SSSR count). The van der Waals surface area contributed by atoms with E-state index in [0.29, 0.717) is 6.04 Å². The molecule has 0 radical (unpaired) electrons. The van der Waals surface area contributed by atoms with Crippen molar-refractivity contribution in [3.05, 3.63) is 18.3 Å². The Labute approximate surface area is 96.9 Å². The van der Waals surface area contributed by atoms with Gasteiger partial charge < -0.3 is 5.32 Å². The Kier molecular flexibility index (Phi) is 4.03. The van der Waals surface area contributed by atoms with Crippen molar-refractivity contribution in [1.29, 1.82) is 0 Å². The molecule has 1 N–H and O–H groups in total. The van der Waals surface area contributed by atoms with E-state index in [0.717, 1.165) is 10.7 Å². The monoisotopic (exact) mass is 224 g/mol. The third-order valence-electron chi connectivity index (χ3n) is 2.63. The largest absolute Gasteiger partial charge is 0.381 e. The number of nitrogens with one attached hydrogen (secondary N) is 1. The van der Waals surface area contributed by atoms with Gasteiger partial charge in [0.1, 0.15) is 0 Å². The normalized spacial score (nSPS) is 13.7. The van der Waals surface area contributed by atoms with Crippen LogP contribution >= 0.6 is 11.8 Å². The lowest BCUT2D eigenvalue weighted by Crippen LogP contribution is -2.30. The minimum Gasteiger partial charge on any atom is -0.381 e. The lowest BCUT2D eigenvalue weighted by molar-refractivity contribution is 0.359. The van der Waals surface area contributed by atoms with E-state index in [4.69, 9.17) is 0 Å². The number of rotatable bonds is 3. The Morgan fingerprint density at radius 1 is 1.33 bits per heavy atom. The van der Waals surface area contributed by atoms with Gasteiger partial charge >= 0.3 is 0 Å². The van der Waals surface area contributed by atoms with E-state index in [2.05, 4.69) is 44.1 Å². The van der Waals surface area contributed by atoms with E-state index in [1.165, 1.54) is 0 Å². The smallest absolute Gasteiger partial charge is 0.0958 e. The first-order chi connectivity index (χ1) is 6.93. The van der Waals surface area contributed by atoms with Gasteiger partial charge in [0, 0.05) is 6.04 Å². The fourth-order valence-electron chi connectivity index (χ4n) is 1.05. The highest BCUT2D eigenvalue weighted by Gasteiger charge is 2.19. The third-order valence-corrected chi connectivity index (χ3v) is 3.29. The minimum atomic E-state index is 0.262. The quantitative estimate of drug-likeness (QED) is 0.793. The highest BCUT2D eigenvalue weighted by atomic mass is 32.2. The fraction of sp³-hybridized carbons (Fsp3) is 0.583. The predicted molar refractivity (Wildman–Crippen MR) is 68.6 cm³/mol. The molecular formula is C12H20N2S. The molecule has 0 fully saturated rings. The molecule has 0 saturated carbocycles. The standard InChI is InChI=1S/C12H20N2S/c1-9(12(2,3)4)14-10-6-7-11(15-5)13-8-10/h6-9,14H,1-5H3. The van der Waals surface area contributed by atoms with Crippen LogP contribution in [-0.2, 0) is 0 Å². The molecule has 0 aliphatic rings. The second kappa shape index (κ2) is 4.88. The lowest BCUT2D eigenvalue weighted by Gasteiger charge is -2.28. The maximum atomic E-state index is 4.33. The van der Waals surface area contributed by atoms with E-state index >= 15 is 0 Å². The molecule has 1 heterocycles. The Balaban J connectivity index is 2.65. The van der Waals surface area contributed by atoms with Crippen LogP contribution in [0.1, 0.15) is 27.7 Å². The molecule has 0 aromatic carbocycles. The van der Waals surface area contributed by atoms with Crippen molar-refractivity contribution in [2.75, 3.05) is 11.6 Å². The first-order valence-electron chi connectivity index (χ1n) is 5.20. The van der Waals surface area contributed by atoms with Gasteiger partial charge in [-0.25, -0.2) is 4.98 Å². The number of thioether (sulfide) groups is 1. The second-order valence-corrected chi connectivity index (χ2v) is 5.65. The van der Waals surface area contributed by atoms with Gasteiger partial charge in [0.15, 0.2) is 0 Å². The Morgan fingerprint density at radius 3 is 2.40 bits per heavy atom. The summed E-state index contributed by atoms with van der Waals surface area (Å²) >= 11 is 1.66. The summed E-state index contributed by atoms with van der Waals surface area (Å²) in [5, 5.41) is 4.52. The van der Waals surface area contributed by atoms with Gasteiger partial charge in [-0.05, 0) is 30.7 Å². The molecular weight excluding hydrogens is 204 g/mol. The van der Waals surface area contributed by atoms with Crippen molar-refractivity contribution in [3.8, 4) is 0 Å². The van der Waals surface area contributed by atoms with Gasteiger partial charge in [-0.15, -0.1) is 11.8 Å². The molecule has 0 saturated heterocycles. The van der Waals surface area contributed by atoms with Crippen molar-refractivity contribution < 1.29 is 0 Å². The SMILES string of the molecule is CSc1ccc(NC(C)C(C)(C)C)cn1. The number of anilines is 1. The Bertz CT molecular complexity index is 300. The van der Waals surface area contributed by atoms with Crippen LogP contribution in [0.25, 0.3) is 0 Å². The van der Waals surface area contributed by atoms with E-state index in [-0.39, 0.29) is 5.41 Å². The van der Waals surface area contributed by atoms with Crippen LogP contribution in [0.4, 0.5) is 5.69 Å². The van der Waals surface area contributed by atoms with Crippen LogP contribution in [-0.4, -0.2) is 17.3 Å². The molecule has 1 unspecified atom stereocenters. The van der Waals surface area contributed by atoms with Crippen LogP contribution < -0.4 is 5.32 Å². The molecule has 0 spiro atoms. The molecule has 0 aliphatic carbocycles. The van der Waals surface area contributed by atoms with Crippen molar-refractivity contribution in [2.45, 2.75) is 38.8 Å². The average molecular weight is 224 g/mol. The molecule has 1 aromatic heterocycles. The number of hydrogen-bond donors (Lipinski definition) is 1. The van der Waals surface area contributed by atoms with Gasteiger partial charge in [0.25, 0.3) is 0 Å². The number of aromatic nitrogens is 1. The molecule has 15 heavy (non-hydrogen) atoms. The highest BCUT2D eigenvalue weighted by Crippen LogP contribution is 2.23. The summed E-state index contributed by atoms with van der Waals surface area (Å²) in [5.74, 6) is 0. The molecule has 1 aromatic rings. The maximum Gasteiger partial charge on any atom is 0.0958 e. The van der Waals surface area contributed by atoms with Gasteiger partial charge in [0.2, 0.25) is 0 Å². The molecule has 0 bridgehead atoms. The minimum absolute atomic E-state index is 0.262. The summed E-state index contributed by atoms with van der Waals surface area (Å²) in [5.41, 5.74) is 1.35. The van der Waals surface area contributed by atoms with E-state index < -0.39 is 0 Å². The van der Waals surface area contributed by atoms with Gasteiger partial charge in [-0.3, -0.25) is 0 Å². The zero-order chi connectivity index (χ0) is 11.5. The number of hydrogen-bond acceptors (Lipinski definition) is 3. The van der Waals surface area contributed by atoms with Crippen LogP contribution in [0, 0.1) is 5.41 Å². The molecule has 0 amide bonds. The van der Waals surface area contributed by atoms with Crippen LogP contribution in [0.15, 0.2) is 23.4 Å². The van der Waals surface area contributed by atoms with Crippen LogP contribution in [0.2, 0.25) is 0 Å². The van der Waals surface area contributed by atoms with Crippen molar-refractivity contribution in [1.82, 2.24) is 4.98 Å². The molecule has 3 heteroatoms. The first kappa shape index (κ1) is 12.4. The van der Waals surface area contributed by atoms with E-state index in [9.17, 15) is 0 Å². The summed E-state index contributed by atoms with van der Waals surface area (Å²) in [6, 6.07) is 4.56. The zero-order valence-electron chi connectivity index (χ0n) is 10.2. The zero-order valence-corrected chi connectivity index (χ0v) is 11.0. The number of pyridine rings is 1. The summed E-state index contributed by atoms with van der Waals surface area (Å²) < 4.78 is 0. The van der Waals surface area contributed by atoms with Crippen LogP contribution in [0.5, 0.6) is 0 Å². The van der Waals surface area contributed by atoms with Crippen molar-refractivity contribution in [2.24, 2.45) is 5.41 Å². The van der Waals surface area contributed by atoms with Gasteiger partial charge in [-0.1, -0.05) is 20.8 Å². The van der Waals surface area contributed by atoms with Gasteiger partial charge in [0.05, 0.1) is 16.9 Å². The topological polar surface area (TPSA) is 24.9 Å².